The molecule has 0 aliphatic carbocycles. The van der Waals surface area contributed by atoms with E-state index in [1.807, 2.05) is 42.5 Å². The third-order valence-corrected chi connectivity index (χ3v) is 19.3. The number of rotatable bonds is 18. The van der Waals surface area contributed by atoms with Crippen molar-refractivity contribution in [3.63, 3.8) is 0 Å². The van der Waals surface area contributed by atoms with Gasteiger partial charge in [-0.25, -0.2) is 4.79 Å². The minimum Gasteiger partial charge on any atom is -0.478 e. The topological polar surface area (TPSA) is 102 Å². The van der Waals surface area contributed by atoms with Crippen LogP contribution in [0.1, 0.15) is 73.6 Å². The maximum absolute atomic E-state index is 13.2. The molecule has 7 nitrogen and oxygen atoms in total. The Morgan fingerprint density at radius 1 is 0.882 bits per heavy atom. The molecule has 0 fully saturated rings. The molecular weight excluding hydrogens is 673 g/mol. The summed E-state index contributed by atoms with van der Waals surface area (Å²) in [5, 5.41) is 22.2. The average molecular weight is 733 g/mol. The maximum atomic E-state index is 13.2. The highest BCUT2D eigenvalue weighted by Crippen LogP contribution is 2.38. The molecule has 51 heavy (non-hydrogen) atoms. The van der Waals surface area contributed by atoms with Gasteiger partial charge >= 0.3 is 5.97 Å². The van der Waals surface area contributed by atoms with Gasteiger partial charge in [0.15, 0.2) is 14.1 Å². The number of hydrogen-bond donors (Lipinski definition) is 2. The van der Waals surface area contributed by atoms with Gasteiger partial charge in [0.2, 0.25) is 0 Å². The van der Waals surface area contributed by atoms with Gasteiger partial charge in [0.1, 0.15) is 0 Å². The molecule has 3 rings (SSSR count). The third kappa shape index (κ3) is 12.8. The SMILES string of the molecule is CC(C)(C)[Si](C)(C)O[C@H](/C=C/C[C@@H](O)CO[Si](c1ccccc1)(c1ccccc1)C(C)(C)C)CC(=O)/C=C/C[C@@H]1CC=C[C@@H](C/C=C\C(=O)O)O1. The van der Waals surface area contributed by atoms with Gasteiger partial charge in [-0.05, 0) is 65.3 Å². The predicted molar refractivity (Wildman–Crippen MR) is 213 cm³/mol. The highest BCUT2D eigenvalue weighted by molar-refractivity contribution is 6.99. The number of allylic oxidation sites excluding steroid dienone is 1. The Hall–Kier alpha value is -3.19. The number of ether oxygens (including phenoxy) is 1. The summed E-state index contributed by atoms with van der Waals surface area (Å²) < 4.78 is 19.7. The first kappa shape index (κ1) is 42.2. The van der Waals surface area contributed by atoms with E-state index >= 15 is 0 Å². The molecule has 1 heterocycles. The van der Waals surface area contributed by atoms with Gasteiger partial charge in [-0.15, -0.1) is 0 Å². The van der Waals surface area contributed by atoms with E-state index in [-0.39, 0.29) is 41.1 Å². The lowest BCUT2D eigenvalue weighted by molar-refractivity contribution is -0.131. The fourth-order valence-corrected chi connectivity index (χ4v) is 11.9. The summed E-state index contributed by atoms with van der Waals surface area (Å²) in [7, 11) is -4.99. The standard InChI is InChI=1S/C42H60O7Si2/c1-41(2,3)50(7,8)49-37(31-33(43)19-15-21-35-22-17-23-36(48-35)24-18-30-40(45)46)25-16-20-34(44)32-47-51(42(4,5)6,38-26-11-9-12-27-38)39-28-13-10-14-29-39/h9-19,23,25-30,34-37,44H,20-22,24,31-32H2,1-8H3,(H,45,46)/b19-15+,25-16+,30-18-/t34-,35-,36+,37-/m1/s1. The van der Waals surface area contributed by atoms with Gasteiger partial charge in [-0.2, -0.15) is 0 Å². The molecule has 2 N–H and O–H groups in total. The van der Waals surface area contributed by atoms with Crippen molar-refractivity contribution in [3.05, 3.63) is 109 Å². The molecule has 0 radical (unpaired) electrons. The van der Waals surface area contributed by atoms with Crippen molar-refractivity contribution in [3.8, 4) is 0 Å². The lowest BCUT2D eigenvalue weighted by Gasteiger charge is -2.43. The molecular formula is C42H60O7Si2. The van der Waals surface area contributed by atoms with Gasteiger partial charge in [-0.3, -0.25) is 4.79 Å². The number of hydrogen-bond acceptors (Lipinski definition) is 6. The Labute approximate surface area is 308 Å². The average Bonchev–Trinajstić information content (AvgIpc) is 3.05. The Morgan fingerprint density at radius 3 is 2.02 bits per heavy atom. The number of carbonyl (C=O) groups is 2. The summed E-state index contributed by atoms with van der Waals surface area (Å²) in [6, 6.07) is 20.8. The molecule has 1 aliphatic heterocycles. The van der Waals surface area contributed by atoms with E-state index < -0.39 is 34.8 Å². The molecule has 0 amide bonds. The van der Waals surface area contributed by atoms with Gasteiger partial charge in [0.25, 0.3) is 8.32 Å². The van der Waals surface area contributed by atoms with Crippen molar-refractivity contribution < 1.29 is 33.4 Å². The molecule has 0 aromatic heterocycles. The summed E-state index contributed by atoms with van der Waals surface area (Å²) in [5.41, 5.74) is 0. The molecule has 0 saturated heterocycles. The first-order valence-electron chi connectivity index (χ1n) is 18.1. The molecule has 2 aromatic rings. The minimum atomic E-state index is -2.78. The predicted octanol–water partition coefficient (Wildman–Crippen LogP) is 7.91. The monoisotopic (exact) mass is 732 g/mol. The normalized spacial score (nSPS) is 18.8. The van der Waals surface area contributed by atoms with Crippen LogP contribution in [0, 0.1) is 0 Å². The lowest BCUT2D eigenvalue weighted by Crippen LogP contribution is -2.67. The number of aliphatic carboxylic acids is 1. The third-order valence-electron chi connectivity index (χ3n) is 9.77. The first-order chi connectivity index (χ1) is 23.9. The summed E-state index contributed by atoms with van der Waals surface area (Å²) in [4.78, 5) is 24.0. The summed E-state index contributed by atoms with van der Waals surface area (Å²) in [5.74, 6) is -1.01. The van der Waals surface area contributed by atoms with Gasteiger partial charge in [0.05, 0.1) is 31.0 Å². The number of carbonyl (C=O) groups excluding carboxylic acids is 1. The van der Waals surface area contributed by atoms with Gasteiger partial charge in [-0.1, -0.05) is 139 Å². The van der Waals surface area contributed by atoms with Crippen molar-refractivity contribution >= 4 is 38.8 Å². The second kappa shape index (κ2) is 19.1. The van der Waals surface area contributed by atoms with Crippen molar-refractivity contribution in [2.24, 2.45) is 0 Å². The number of ketones is 1. The van der Waals surface area contributed by atoms with Crippen molar-refractivity contribution in [2.45, 2.75) is 121 Å². The highest BCUT2D eigenvalue weighted by Gasteiger charge is 2.50. The van der Waals surface area contributed by atoms with Crippen LogP contribution in [0.2, 0.25) is 23.2 Å². The molecule has 0 unspecified atom stereocenters. The molecule has 0 bridgehead atoms. The van der Waals surface area contributed by atoms with Crippen LogP contribution in [0.3, 0.4) is 0 Å². The molecule has 9 heteroatoms. The number of benzene rings is 2. The fraction of sp³-hybridized carbons (Fsp3) is 0.476. The van der Waals surface area contributed by atoms with E-state index in [4.69, 9.17) is 18.7 Å². The number of aliphatic hydroxyl groups excluding tert-OH is 1. The quantitative estimate of drug-likeness (QED) is 0.0913. The molecule has 278 valence electrons. The highest BCUT2D eigenvalue weighted by atomic mass is 28.4. The second-order valence-electron chi connectivity index (χ2n) is 16.0. The van der Waals surface area contributed by atoms with E-state index in [1.165, 1.54) is 10.4 Å². The Kier molecular flexibility index (Phi) is 15.8. The van der Waals surface area contributed by atoms with Crippen LogP contribution < -0.4 is 10.4 Å². The summed E-state index contributed by atoms with van der Waals surface area (Å²) >= 11 is 0. The zero-order chi connectivity index (χ0) is 37.7. The summed E-state index contributed by atoms with van der Waals surface area (Å²) in [6.45, 7) is 17.7. The molecule has 4 atom stereocenters. The first-order valence-corrected chi connectivity index (χ1v) is 22.9. The van der Waals surface area contributed by atoms with Crippen molar-refractivity contribution in [1.29, 1.82) is 0 Å². The fourth-order valence-electron chi connectivity index (χ4n) is 6.08. The van der Waals surface area contributed by atoms with E-state index in [2.05, 4.69) is 103 Å². The second-order valence-corrected chi connectivity index (χ2v) is 25.0. The van der Waals surface area contributed by atoms with E-state index in [1.54, 1.807) is 12.2 Å². The minimum absolute atomic E-state index is 0.0359. The Morgan fingerprint density at radius 2 is 1.47 bits per heavy atom. The Bertz CT molecular complexity index is 1460. The number of carboxylic acids is 1. The van der Waals surface area contributed by atoms with Crippen LogP contribution in [0.4, 0.5) is 0 Å². The molecule has 0 spiro atoms. The van der Waals surface area contributed by atoms with Gasteiger partial charge < -0.3 is 23.8 Å². The smallest absolute Gasteiger partial charge is 0.327 e. The van der Waals surface area contributed by atoms with Gasteiger partial charge in [0, 0.05) is 12.5 Å². The van der Waals surface area contributed by atoms with Crippen molar-refractivity contribution in [2.75, 3.05) is 6.61 Å². The maximum Gasteiger partial charge on any atom is 0.327 e. The van der Waals surface area contributed by atoms with E-state index in [0.29, 0.717) is 19.3 Å². The molecule has 0 saturated carbocycles. The van der Waals surface area contributed by atoms with E-state index in [9.17, 15) is 14.7 Å². The lowest BCUT2D eigenvalue weighted by atomic mass is 10.1. The number of aliphatic hydroxyl groups is 1. The van der Waals surface area contributed by atoms with Crippen LogP contribution in [-0.2, 0) is 23.2 Å². The largest absolute Gasteiger partial charge is 0.478 e. The van der Waals surface area contributed by atoms with Crippen molar-refractivity contribution in [1.82, 2.24) is 0 Å². The summed E-state index contributed by atoms with van der Waals surface area (Å²) in [6.07, 6.45) is 15.0. The zero-order valence-electron chi connectivity index (χ0n) is 31.9. The molecule has 2 aromatic carbocycles. The van der Waals surface area contributed by atoms with Crippen LogP contribution in [0.5, 0.6) is 0 Å². The number of carboxylic acid groups (broad SMARTS) is 1. The Balaban J connectivity index is 1.68. The molecule has 1 aliphatic rings. The zero-order valence-corrected chi connectivity index (χ0v) is 33.9. The van der Waals surface area contributed by atoms with E-state index in [0.717, 1.165) is 12.5 Å². The van der Waals surface area contributed by atoms with Crippen LogP contribution in [-0.4, -0.2) is 69.6 Å². The van der Waals surface area contributed by atoms with Crippen LogP contribution in [0.15, 0.2) is 109 Å². The van der Waals surface area contributed by atoms with Crippen LogP contribution >= 0.6 is 0 Å². The van der Waals surface area contributed by atoms with Crippen LogP contribution in [0.25, 0.3) is 0 Å².